The summed E-state index contributed by atoms with van der Waals surface area (Å²) < 4.78 is 11.5. The first kappa shape index (κ1) is 19.2. The number of esters is 1. The van der Waals surface area contributed by atoms with Crippen LogP contribution in [0.2, 0.25) is 5.02 Å². The number of hydrogen-bond donors (Lipinski definition) is 1. The predicted molar refractivity (Wildman–Crippen MR) is 107 cm³/mol. The van der Waals surface area contributed by atoms with Crippen molar-refractivity contribution in [1.82, 2.24) is 5.32 Å². The number of nitrogens with one attached hydrogen (secondary N) is 1. The Bertz CT molecular complexity index is 970. The van der Waals surface area contributed by atoms with Crippen LogP contribution in [0.4, 0.5) is 0 Å². The molecule has 0 unspecified atom stereocenters. The molecule has 0 saturated carbocycles. The minimum Gasteiger partial charge on any atom is -0.492 e. The monoisotopic (exact) mass is 403 g/mol. The molecule has 0 spiro atoms. The first-order chi connectivity index (χ1) is 13.0. The number of carbonyl (C=O) groups excluding carboxylic acids is 2. The molecule has 0 aliphatic rings. The summed E-state index contributed by atoms with van der Waals surface area (Å²) in [5.74, 6) is -0.254. The van der Waals surface area contributed by atoms with Gasteiger partial charge in [-0.05, 0) is 30.7 Å². The fraction of sp³-hybridized carbons (Fsp3) is 0.200. The number of carbonyl (C=O) groups is 2. The maximum atomic E-state index is 12.2. The van der Waals surface area contributed by atoms with Crippen LogP contribution >= 0.6 is 22.9 Å². The third-order valence-corrected chi connectivity index (χ3v) is 5.39. The average molecular weight is 404 g/mol. The summed E-state index contributed by atoms with van der Waals surface area (Å²) in [7, 11) is 0. The van der Waals surface area contributed by atoms with E-state index in [9.17, 15) is 9.59 Å². The lowest BCUT2D eigenvalue weighted by atomic mass is 10.2. The zero-order valence-corrected chi connectivity index (χ0v) is 16.2. The molecule has 27 heavy (non-hydrogen) atoms. The zero-order chi connectivity index (χ0) is 19.2. The first-order valence-corrected chi connectivity index (χ1v) is 9.54. The second kappa shape index (κ2) is 8.88. The van der Waals surface area contributed by atoms with E-state index in [0.717, 1.165) is 21.4 Å². The summed E-state index contributed by atoms with van der Waals surface area (Å²) in [5.41, 5.74) is 1.10. The molecule has 0 atom stereocenters. The molecule has 0 bridgehead atoms. The van der Waals surface area contributed by atoms with Crippen molar-refractivity contribution >= 4 is 44.9 Å². The van der Waals surface area contributed by atoms with E-state index in [-0.39, 0.29) is 6.61 Å². The molecule has 3 aromatic rings. The quantitative estimate of drug-likeness (QED) is 0.474. The molecule has 1 amide bonds. The second-order valence-electron chi connectivity index (χ2n) is 5.83. The van der Waals surface area contributed by atoms with E-state index in [2.05, 4.69) is 5.32 Å². The van der Waals surface area contributed by atoms with Crippen molar-refractivity contribution < 1.29 is 19.1 Å². The van der Waals surface area contributed by atoms with Gasteiger partial charge in [0.2, 0.25) is 0 Å². The van der Waals surface area contributed by atoms with Crippen LogP contribution in [0.1, 0.15) is 15.2 Å². The van der Waals surface area contributed by atoms with E-state index in [4.69, 9.17) is 21.1 Å². The van der Waals surface area contributed by atoms with Gasteiger partial charge in [0.25, 0.3) is 5.91 Å². The van der Waals surface area contributed by atoms with Crippen LogP contribution in [0, 0.1) is 6.92 Å². The standard InChI is InChI=1S/C20H18ClNO4S/c1-13-5-4-6-14(11-13)25-10-9-22-17(23)12-26-20(24)19-18(21)15-7-2-3-8-16(15)27-19/h2-8,11H,9-10,12H2,1H3,(H,22,23). The Hall–Kier alpha value is -2.57. The number of benzene rings is 2. The Morgan fingerprint density at radius 3 is 2.74 bits per heavy atom. The number of aryl methyl sites for hydroxylation is 1. The minimum atomic E-state index is -0.604. The molecular weight excluding hydrogens is 386 g/mol. The fourth-order valence-electron chi connectivity index (χ4n) is 2.46. The summed E-state index contributed by atoms with van der Waals surface area (Å²) in [5, 5.41) is 3.80. The van der Waals surface area contributed by atoms with Crippen molar-refractivity contribution in [3.05, 3.63) is 64.0 Å². The van der Waals surface area contributed by atoms with Gasteiger partial charge in [-0.3, -0.25) is 4.79 Å². The molecular formula is C20H18ClNO4S. The van der Waals surface area contributed by atoms with Crippen LogP contribution in [0.15, 0.2) is 48.5 Å². The normalized spacial score (nSPS) is 10.6. The summed E-state index contributed by atoms with van der Waals surface area (Å²) in [6, 6.07) is 15.1. The maximum Gasteiger partial charge on any atom is 0.350 e. The van der Waals surface area contributed by atoms with Gasteiger partial charge in [0.1, 0.15) is 17.2 Å². The highest BCUT2D eigenvalue weighted by molar-refractivity contribution is 7.21. The number of amides is 1. The topological polar surface area (TPSA) is 64.6 Å². The van der Waals surface area contributed by atoms with E-state index < -0.39 is 11.9 Å². The molecule has 1 heterocycles. The van der Waals surface area contributed by atoms with Crippen molar-refractivity contribution in [1.29, 1.82) is 0 Å². The van der Waals surface area contributed by atoms with Gasteiger partial charge in [-0.1, -0.05) is 41.9 Å². The molecule has 0 aliphatic heterocycles. The Morgan fingerprint density at radius 1 is 1.15 bits per heavy atom. The molecule has 1 aromatic heterocycles. The maximum absolute atomic E-state index is 12.2. The van der Waals surface area contributed by atoms with E-state index in [0.29, 0.717) is 23.1 Å². The molecule has 0 saturated heterocycles. The lowest BCUT2D eigenvalue weighted by Crippen LogP contribution is -2.32. The van der Waals surface area contributed by atoms with Crippen LogP contribution < -0.4 is 10.1 Å². The molecule has 0 radical (unpaired) electrons. The SMILES string of the molecule is Cc1cccc(OCCNC(=O)COC(=O)c2sc3ccccc3c2Cl)c1. The number of fused-ring (bicyclic) bond motifs is 1. The summed E-state index contributed by atoms with van der Waals surface area (Å²) in [6.07, 6.45) is 0. The van der Waals surface area contributed by atoms with Gasteiger partial charge >= 0.3 is 5.97 Å². The Morgan fingerprint density at radius 2 is 1.96 bits per heavy atom. The highest BCUT2D eigenvalue weighted by Gasteiger charge is 2.19. The van der Waals surface area contributed by atoms with Crippen molar-refractivity contribution in [3.8, 4) is 5.75 Å². The lowest BCUT2D eigenvalue weighted by Gasteiger charge is -2.08. The van der Waals surface area contributed by atoms with Crippen molar-refractivity contribution in [3.63, 3.8) is 0 Å². The van der Waals surface area contributed by atoms with E-state index in [1.807, 2.05) is 55.5 Å². The molecule has 0 fully saturated rings. The van der Waals surface area contributed by atoms with Gasteiger partial charge in [0, 0.05) is 10.1 Å². The van der Waals surface area contributed by atoms with Gasteiger partial charge < -0.3 is 14.8 Å². The number of hydrogen-bond acceptors (Lipinski definition) is 5. The molecule has 5 nitrogen and oxygen atoms in total. The third kappa shape index (κ3) is 4.99. The number of thiophene rings is 1. The third-order valence-electron chi connectivity index (χ3n) is 3.74. The van der Waals surface area contributed by atoms with E-state index in [1.165, 1.54) is 11.3 Å². The van der Waals surface area contributed by atoms with Gasteiger partial charge in [-0.25, -0.2) is 4.79 Å². The van der Waals surface area contributed by atoms with Crippen LogP contribution in [-0.4, -0.2) is 31.6 Å². The fourth-order valence-corrected chi connectivity index (χ4v) is 3.86. The minimum absolute atomic E-state index is 0.299. The Labute approximate surface area is 165 Å². The Kier molecular flexibility index (Phi) is 6.32. The van der Waals surface area contributed by atoms with Gasteiger partial charge in [-0.2, -0.15) is 0 Å². The lowest BCUT2D eigenvalue weighted by molar-refractivity contribution is -0.124. The molecule has 2 aromatic carbocycles. The summed E-state index contributed by atoms with van der Waals surface area (Å²) >= 11 is 7.48. The highest BCUT2D eigenvalue weighted by Crippen LogP contribution is 2.35. The predicted octanol–water partition coefficient (Wildman–Crippen LogP) is 4.22. The molecule has 1 N–H and O–H groups in total. The number of halogens is 1. The highest BCUT2D eigenvalue weighted by atomic mass is 35.5. The molecule has 7 heteroatoms. The number of rotatable bonds is 7. The second-order valence-corrected chi connectivity index (χ2v) is 7.26. The Balaban J connectivity index is 1.43. The van der Waals surface area contributed by atoms with Crippen molar-refractivity contribution in [2.75, 3.05) is 19.8 Å². The van der Waals surface area contributed by atoms with Crippen LogP contribution in [0.3, 0.4) is 0 Å². The summed E-state index contributed by atoms with van der Waals surface area (Å²) in [6.45, 7) is 2.25. The smallest absolute Gasteiger partial charge is 0.350 e. The van der Waals surface area contributed by atoms with Crippen LogP contribution in [0.25, 0.3) is 10.1 Å². The van der Waals surface area contributed by atoms with E-state index in [1.54, 1.807) is 0 Å². The average Bonchev–Trinajstić information content (AvgIpc) is 3.00. The van der Waals surface area contributed by atoms with Gasteiger partial charge in [0.15, 0.2) is 6.61 Å². The van der Waals surface area contributed by atoms with Crippen molar-refractivity contribution in [2.45, 2.75) is 6.92 Å². The zero-order valence-electron chi connectivity index (χ0n) is 14.7. The van der Waals surface area contributed by atoms with Gasteiger partial charge in [-0.15, -0.1) is 11.3 Å². The van der Waals surface area contributed by atoms with Gasteiger partial charge in [0.05, 0.1) is 11.6 Å². The van der Waals surface area contributed by atoms with Crippen LogP contribution in [-0.2, 0) is 9.53 Å². The molecule has 3 rings (SSSR count). The summed E-state index contributed by atoms with van der Waals surface area (Å²) in [4.78, 5) is 24.3. The van der Waals surface area contributed by atoms with E-state index >= 15 is 0 Å². The molecule has 140 valence electrons. The van der Waals surface area contributed by atoms with Crippen molar-refractivity contribution in [2.24, 2.45) is 0 Å². The molecule has 0 aliphatic carbocycles. The first-order valence-electron chi connectivity index (χ1n) is 8.35. The number of ether oxygens (including phenoxy) is 2. The largest absolute Gasteiger partial charge is 0.492 e. The van der Waals surface area contributed by atoms with Crippen LogP contribution in [0.5, 0.6) is 5.75 Å².